The minimum absolute atomic E-state index is 0.0603. The zero-order valence-corrected chi connectivity index (χ0v) is 33.9. The smallest absolute Gasteiger partial charge is 0.305 e. The van der Waals surface area contributed by atoms with Gasteiger partial charge in [0.1, 0.15) is 0 Å². The van der Waals surface area contributed by atoms with E-state index in [1.54, 1.807) is 0 Å². The molecule has 1 saturated carbocycles. The minimum Gasteiger partial charge on any atom is -0.466 e. The van der Waals surface area contributed by atoms with Crippen molar-refractivity contribution in [1.29, 1.82) is 0 Å². The van der Waals surface area contributed by atoms with Crippen LogP contribution >= 0.6 is 0 Å². The van der Waals surface area contributed by atoms with Crippen molar-refractivity contribution in [3.8, 4) is 0 Å². The molecular formula is C44H86N2O4. The summed E-state index contributed by atoms with van der Waals surface area (Å²) in [6.45, 7) is 11.1. The van der Waals surface area contributed by atoms with Gasteiger partial charge < -0.3 is 19.6 Å². The third-order valence-corrected chi connectivity index (χ3v) is 11.1. The third-order valence-electron chi connectivity index (χ3n) is 11.1. The van der Waals surface area contributed by atoms with Gasteiger partial charge in [-0.05, 0) is 84.2 Å². The lowest BCUT2D eigenvalue weighted by atomic mass is 9.91. The van der Waals surface area contributed by atoms with Crippen molar-refractivity contribution in [1.82, 2.24) is 9.80 Å². The number of carbonyl (C=O) groups excluding carboxylic acids is 2. The zero-order chi connectivity index (χ0) is 36.3. The summed E-state index contributed by atoms with van der Waals surface area (Å²) in [5.41, 5.74) is 0. The van der Waals surface area contributed by atoms with Crippen LogP contribution in [0.15, 0.2) is 0 Å². The predicted molar refractivity (Wildman–Crippen MR) is 214 cm³/mol. The maximum absolute atomic E-state index is 13.3. The maximum Gasteiger partial charge on any atom is 0.305 e. The van der Waals surface area contributed by atoms with Crippen LogP contribution in [0.4, 0.5) is 0 Å². The molecule has 6 nitrogen and oxygen atoms in total. The third kappa shape index (κ3) is 27.5. The highest BCUT2D eigenvalue weighted by Crippen LogP contribution is 2.24. The van der Waals surface area contributed by atoms with Crippen LogP contribution in [0.3, 0.4) is 0 Å². The summed E-state index contributed by atoms with van der Waals surface area (Å²) in [6.07, 6.45) is 38.0. The number of carbonyl (C=O) groups is 2. The molecule has 0 aliphatic heterocycles. The fourth-order valence-electron chi connectivity index (χ4n) is 7.76. The number of hydrogen-bond acceptors (Lipinski definition) is 5. The molecular weight excluding hydrogens is 620 g/mol. The molecule has 6 heteroatoms. The van der Waals surface area contributed by atoms with E-state index >= 15 is 0 Å². The van der Waals surface area contributed by atoms with Crippen LogP contribution in [0.1, 0.15) is 226 Å². The van der Waals surface area contributed by atoms with Gasteiger partial charge in [0.25, 0.3) is 0 Å². The van der Waals surface area contributed by atoms with E-state index in [9.17, 15) is 14.7 Å². The molecule has 0 radical (unpaired) electrons. The van der Waals surface area contributed by atoms with Gasteiger partial charge in [0, 0.05) is 32.0 Å². The van der Waals surface area contributed by atoms with E-state index in [-0.39, 0.29) is 12.1 Å². The molecule has 0 heterocycles. The van der Waals surface area contributed by atoms with E-state index in [1.807, 2.05) is 6.92 Å². The number of unbranched alkanes of at least 4 members (excludes halogenated alkanes) is 22. The summed E-state index contributed by atoms with van der Waals surface area (Å²) in [5, 5.41) is 10.1. The Kier molecular flexibility index (Phi) is 32.7. The molecule has 0 bridgehead atoms. The molecule has 0 aromatic rings. The summed E-state index contributed by atoms with van der Waals surface area (Å²) in [4.78, 5) is 29.8. The van der Waals surface area contributed by atoms with Crippen molar-refractivity contribution in [3.05, 3.63) is 0 Å². The second-order valence-electron chi connectivity index (χ2n) is 15.7. The molecule has 1 fully saturated rings. The number of nitrogens with zero attached hydrogens (tertiary/aromatic N) is 2. The largest absolute Gasteiger partial charge is 0.466 e. The van der Waals surface area contributed by atoms with Crippen molar-refractivity contribution in [2.24, 2.45) is 0 Å². The highest BCUT2D eigenvalue weighted by Gasteiger charge is 2.24. The van der Waals surface area contributed by atoms with Crippen LogP contribution in [-0.4, -0.2) is 71.7 Å². The summed E-state index contributed by atoms with van der Waals surface area (Å²) >= 11 is 0. The van der Waals surface area contributed by atoms with Gasteiger partial charge in [0.2, 0.25) is 5.91 Å². The quantitative estimate of drug-likeness (QED) is 0.0519. The van der Waals surface area contributed by atoms with Gasteiger partial charge >= 0.3 is 5.97 Å². The van der Waals surface area contributed by atoms with Gasteiger partial charge in [-0.2, -0.15) is 0 Å². The van der Waals surface area contributed by atoms with Gasteiger partial charge in [-0.15, -0.1) is 0 Å². The van der Waals surface area contributed by atoms with Crippen LogP contribution in [0, 0.1) is 0 Å². The Morgan fingerprint density at radius 3 is 1.32 bits per heavy atom. The van der Waals surface area contributed by atoms with Gasteiger partial charge in [0.15, 0.2) is 0 Å². The van der Waals surface area contributed by atoms with E-state index in [0.29, 0.717) is 25.0 Å². The first kappa shape index (κ1) is 46.9. The monoisotopic (exact) mass is 707 g/mol. The molecule has 1 aliphatic carbocycles. The highest BCUT2D eigenvalue weighted by molar-refractivity contribution is 5.76. The summed E-state index contributed by atoms with van der Waals surface area (Å²) < 4.78 is 5.04. The molecule has 0 unspecified atom stereocenters. The maximum atomic E-state index is 13.3. The number of rotatable bonds is 36. The van der Waals surface area contributed by atoms with Crippen molar-refractivity contribution < 1.29 is 19.4 Å². The molecule has 0 aromatic heterocycles. The van der Waals surface area contributed by atoms with Crippen LogP contribution in [-0.2, 0) is 14.3 Å². The van der Waals surface area contributed by atoms with Crippen molar-refractivity contribution >= 4 is 11.9 Å². The average Bonchev–Trinajstić information content (AvgIpc) is 3.11. The summed E-state index contributed by atoms with van der Waals surface area (Å²) in [5.74, 6) is 0.345. The van der Waals surface area contributed by atoms with Crippen LogP contribution in [0.2, 0.25) is 0 Å². The Balaban J connectivity index is 2.34. The molecule has 1 N–H and O–H groups in total. The lowest BCUT2D eigenvalue weighted by Gasteiger charge is -2.36. The lowest BCUT2D eigenvalue weighted by molar-refractivity contribution is -0.143. The number of hydrogen-bond donors (Lipinski definition) is 1. The van der Waals surface area contributed by atoms with E-state index < -0.39 is 0 Å². The Morgan fingerprint density at radius 1 is 0.500 bits per heavy atom. The standard InChI is InChI=1S/C44H86N2O4/c1-4-7-9-11-13-15-21-29-39-46(40-30-22-16-14-12-10-8-5-2)43(48)31-25-19-17-23-27-37-45(41-33-35-42(47)36-34-41)38-28-24-18-20-26-32-44(49)50-6-3/h41-42,47H,4-40H2,1-3H3. The number of ether oxygens (including phenoxy) is 1. The Morgan fingerprint density at radius 2 is 0.880 bits per heavy atom. The van der Waals surface area contributed by atoms with Crippen LogP contribution < -0.4 is 0 Å². The Bertz CT molecular complexity index is 734. The van der Waals surface area contributed by atoms with Crippen molar-refractivity contribution in [3.63, 3.8) is 0 Å². The number of esters is 1. The first-order valence-electron chi connectivity index (χ1n) is 22.4. The highest BCUT2D eigenvalue weighted by atomic mass is 16.5. The topological polar surface area (TPSA) is 70.1 Å². The van der Waals surface area contributed by atoms with Crippen molar-refractivity contribution in [2.75, 3.05) is 32.8 Å². The Labute approximate surface area is 311 Å². The first-order chi connectivity index (χ1) is 24.5. The zero-order valence-electron chi connectivity index (χ0n) is 33.9. The van der Waals surface area contributed by atoms with Crippen molar-refractivity contribution in [2.45, 2.75) is 238 Å². The predicted octanol–water partition coefficient (Wildman–Crippen LogP) is 11.9. The second-order valence-corrected chi connectivity index (χ2v) is 15.7. The molecule has 50 heavy (non-hydrogen) atoms. The SMILES string of the molecule is CCCCCCCCCCN(CCCCCCCCCC)C(=O)CCCCCCCN(CCCCCCCC(=O)OCC)C1CCC(O)CC1. The molecule has 296 valence electrons. The first-order valence-corrected chi connectivity index (χ1v) is 22.4. The van der Waals surface area contributed by atoms with Gasteiger partial charge in [-0.25, -0.2) is 0 Å². The van der Waals surface area contributed by atoms with Crippen LogP contribution in [0.5, 0.6) is 0 Å². The van der Waals surface area contributed by atoms with Crippen LogP contribution in [0.25, 0.3) is 0 Å². The number of aliphatic hydroxyl groups excluding tert-OH is 1. The number of amides is 1. The average molecular weight is 707 g/mol. The molecule has 0 spiro atoms. The van der Waals surface area contributed by atoms with E-state index in [1.165, 1.54) is 141 Å². The summed E-state index contributed by atoms with van der Waals surface area (Å²) in [6, 6.07) is 0.618. The van der Waals surface area contributed by atoms with Gasteiger partial charge in [-0.3, -0.25) is 9.59 Å². The fourth-order valence-corrected chi connectivity index (χ4v) is 7.76. The molecule has 1 aliphatic rings. The molecule has 1 rings (SSSR count). The molecule has 1 amide bonds. The molecule has 0 aromatic carbocycles. The van der Waals surface area contributed by atoms with E-state index in [0.717, 1.165) is 84.0 Å². The van der Waals surface area contributed by atoms with E-state index in [2.05, 4.69) is 23.6 Å². The molecule has 0 atom stereocenters. The Hall–Kier alpha value is -1.14. The van der Waals surface area contributed by atoms with Gasteiger partial charge in [0.05, 0.1) is 12.7 Å². The van der Waals surface area contributed by atoms with E-state index in [4.69, 9.17) is 4.74 Å². The minimum atomic E-state index is -0.105. The second kappa shape index (κ2) is 34.9. The lowest BCUT2D eigenvalue weighted by Crippen LogP contribution is -2.40. The molecule has 0 saturated heterocycles. The summed E-state index contributed by atoms with van der Waals surface area (Å²) in [7, 11) is 0. The normalized spacial score (nSPS) is 16.3. The number of aliphatic hydroxyl groups is 1. The van der Waals surface area contributed by atoms with Gasteiger partial charge in [-0.1, -0.05) is 142 Å². The fraction of sp³-hybridized carbons (Fsp3) is 0.955.